The number of likely N-dealkylation sites (tertiary alicyclic amines) is 1. The van der Waals surface area contributed by atoms with Gasteiger partial charge in [0.25, 0.3) is 0 Å². The van der Waals surface area contributed by atoms with E-state index in [1.807, 2.05) is 37.3 Å². The molecule has 3 aromatic carbocycles. The fourth-order valence-electron chi connectivity index (χ4n) is 5.36. The van der Waals surface area contributed by atoms with E-state index in [1.165, 1.54) is 0 Å². The van der Waals surface area contributed by atoms with Crippen molar-refractivity contribution in [2.45, 2.75) is 78.7 Å². The fourth-order valence-corrected chi connectivity index (χ4v) is 5.53. The Morgan fingerprint density at radius 1 is 0.920 bits per heavy atom. The molecule has 0 radical (unpaired) electrons. The van der Waals surface area contributed by atoms with Crippen LogP contribution in [0.5, 0.6) is 11.5 Å². The summed E-state index contributed by atoms with van der Waals surface area (Å²) < 4.78 is 22.5. The van der Waals surface area contributed by atoms with Crippen LogP contribution in [0.25, 0.3) is 0 Å². The van der Waals surface area contributed by atoms with E-state index < -0.39 is 29.7 Å². The van der Waals surface area contributed by atoms with E-state index >= 15 is 0 Å². The summed E-state index contributed by atoms with van der Waals surface area (Å²) in [5.74, 6) is -0.444. The minimum atomic E-state index is -0.831. The Balaban J connectivity index is 1.46. The van der Waals surface area contributed by atoms with Crippen molar-refractivity contribution >= 4 is 41.4 Å². The monoisotopic (exact) mass is 707 g/mol. The first-order chi connectivity index (χ1) is 23.9. The van der Waals surface area contributed by atoms with Gasteiger partial charge in [0.05, 0.1) is 18.8 Å². The summed E-state index contributed by atoms with van der Waals surface area (Å²) in [7, 11) is 0. The molecule has 50 heavy (non-hydrogen) atoms. The number of nitrogens with zero attached hydrogens (tertiary/aromatic N) is 2. The third kappa shape index (κ3) is 11.1. The van der Waals surface area contributed by atoms with Crippen LogP contribution in [0, 0.1) is 5.92 Å². The van der Waals surface area contributed by atoms with E-state index in [2.05, 4.69) is 5.32 Å². The number of halogens is 1. The van der Waals surface area contributed by atoms with Gasteiger partial charge in [-0.15, -0.1) is 0 Å². The molecule has 11 nitrogen and oxygen atoms in total. The number of amides is 3. The molecule has 3 aromatic rings. The van der Waals surface area contributed by atoms with Crippen molar-refractivity contribution in [1.29, 1.82) is 0 Å². The van der Waals surface area contributed by atoms with Gasteiger partial charge in [-0.2, -0.15) is 0 Å². The smallest absolute Gasteiger partial charge is 0.417 e. The highest BCUT2D eigenvalue weighted by molar-refractivity contribution is 6.30. The number of piperidine rings is 1. The van der Waals surface area contributed by atoms with E-state index in [4.69, 9.17) is 30.5 Å². The van der Waals surface area contributed by atoms with E-state index in [1.54, 1.807) is 75.1 Å². The Bertz CT molecular complexity index is 1620. The van der Waals surface area contributed by atoms with Crippen molar-refractivity contribution in [3.63, 3.8) is 0 Å². The molecule has 1 heterocycles. The van der Waals surface area contributed by atoms with Crippen LogP contribution in [0.1, 0.15) is 65.0 Å². The molecule has 0 saturated carbocycles. The predicted molar refractivity (Wildman–Crippen MR) is 190 cm³/mol. The second-order valence-electron chi connectivity index (χ2n) is 13.0. The number of esters is 1. The number of carbonyl (C=O) groups is 4. The second kappa shape index (κ2) is 17.8. The predicted octanol–water partition coefficient (Wildman–Crippen LogP) is 8.20. The molecule has 1 N–H and O–H groups in total. The van der Waals surface area contributed by atoms with Gasteiger partial charge in [0.2, 0.25) is 5.91 Å². The zero-order chi connectivity index (χ0) is 36.3. The number of rotatable bonds is 12. The number of nitrogens with one attached hydrogen (secondary N) is 1. The topological polar surface area (TPSA) is 124 Å². The summed E-state index contributed by atoms with van der Waals surface area (Å²) in [5.41, 5.74) is 1.22. The van der Waals surface area contributed by atoms with Crippen molar-refractivity contribution in [2.75, 3.05) is 25.0 Å². The van der Waals surface area contributed by atoms with Crippen LogP contribution in [-0.2, 0) is 37.0 Å². The van der Waals surface area contributed by atoms with Crippen molar-refractivity contribution in [2.24, 2.45) is 5.92 Å². The molecule has 0 aromatic heterocycles. The molecule has 12 heteroatoms. The van der Waals surface area contributed by atoms with Crippen LogP contribution in [-0.4, -0.2) is 65.2 Å². The molecule has 1 aliphatic heterocycles. The maximum Gasteiger partial charge on any atom is 0.417 e. The van der Waals surface area contributed by atoms with Crippen molar-refractivity contribution < 1.29 is 38.1 Å². The lowest BCUT2D eigenvalue weighted by molar-refractivity contribution is -0.144. The average molecular weight is 708 g/mol. The first-order valence-electron chi connectivity index (χ1n) is 16.9. The Kier molecular flexibility index (Phi) is 13.5. The minimum absolute atomic E-state index is 0.0638. The number of anilines is 1. The lowest BCUT2D eigenvalue weighted by atomic mass is 9.95. The Morgan fingerprint density at radius 3 is 2.28 bits per heavy atom. The third-order valence-corrected chi connectivity index (χ3v) is 8.14. The number of carbonyl (C=O) groups excluding carboxylic acids is 4. The minimum Gasteiger partial charge on any atom is -0.464 e. The summed E-state index contributed by atoms with van der Waals surface area (Å²) in [6, 6.07) is 20.9. The first kappa shape index (κ1) is 38.0. The van der Waals surface area contributed by atoms with Crippen LogP contribution in [0.4, 0.5) is 15.3 Å². The van der Waals surface area contributed by atoms with Gasteiger partial charge in [0.1, 0.15) is 24.0 Å². The molecule has 1 aliphatic rings. The molecule has 3 amide bonds. The number of hydrogen-bond donors (Lipinski definition) is 1. The van der Waals surface area contributed by atoms with Crippen LogP contribution in [0.3, 0.4) is 0 Å². The first-order valence-corrected chi connectivity index (χ1v) is 17.2. The van der Waals surface area contributed by atoms with Gasteiger partial charge in [-0.3, -0.25) is 4.79 Å². The zero-order valence-corrected chi connectivity index (χ0v) is 30.0. The highest BCUT2D eigenvalue weighted by Crippen LogP contribution is 2.34. The highest BCUT2D eigenvalue weighted by atomic mass is 35.5. The van der Waals surface area contributed by atoms with Gasteiger partial charge in [0.15, 0.2) is 5.75 Å². The standard InChI is InChI=1S/C38H46ClN3O8/c1-6-31(35(44)47-7-2)40-32-17-16-29(39)23-33(32)49-30-15-11-14-27(22-30)24-42(37(46)50-38(3,4)5)34(43)28-18-20-41(21-19-28)36(45)48-25-26-12-9-8-10-13-26/h8-17,22-23,28,31,40H,6-7,18-21,24-25H2,1-5H3. The van der Waals surface area contributed by atoms with Gasteiger partial charge in [-0.1, -0.05) is 61.0 Å². The molecule has 1 saturated heterocycles. The third-order valence-electron chi connectivity index (χ3n) is 7.91. The molecule has 4 rings (SSSR count). The Labute approximate surface area is 298 Å². The van der Waals surface area contributed by atoms with Crippen molar-refractivity contribution in [3.8, 4) is 11.5 Å². The molecule has 1 atom stereocenters. The molecule has 0 spiro atoms. The quantitative estimate of drug-likeness (QED) is 0.147. The SMILES string of the molecule is CCOC(=O)C(CC)Nc1ccc(Cl)cc1Oc1cccc(CN(C(=O)OC(C)(C)C)C(=O)C2CCN(C(=O)OCc3ccccc3)CC2)c1. The fraction of sp³-hybridized carbons (Fsp3) is 0.421. The lowest BCUT2D eigenvalue weighted by Gasteiger charge is -2.33. The summed E-state index contributed by atoms with van der Waals surface area (Å²) in [6.45, 7) is 9.84. The van der Waals surface area contributed by atoms with Gasteiger partial charge < -0.3 is 29.2 Å². The van der Waals surface area contributed by atoms with E-state index in [9.17, 15) is 19.2 Å². The van der Waals surface area contributed by atoms with Crippen LogP contribution in [0.15, 0.2) is 72.8 Å². The van der Waals surface area contributed by atoms with Gasteiger partial charge in [-0.05, 0) is 82.3 Å². The summed E-state index contributed by atoms with van der Waals surface area (Å²) >= 11 is 6.31. The Hall–Kier alpha value is -4.77. The van der Waals surface area contributed by atoms with Crippen molar-refractivity contribution in [3.05, 3.63) is 88.9 Å². The Morgan fingerprint density at radius 2 is 1.62 bits per heavy atom. The van der Waals surface area contributed by atoms with Gasteiger partial charge >= 0.3 is 18.2 Å². The molecular formula is C38H46ClN3O8. The van der Waals surface area contributed by atoms with Crippen LogP contribution in [0.2, 0.25) is 5.02 Å². The number of ether oxygens (including phenoxy) is 4. The van der Waals surface area contributed by atoms with Gasteiger partial charge in [0, 0.05) is 30.1 Å². The number of benzene rings is 3. The summed E-state index contributed by atoms with van der Waals surface area (Å²) in [4.78, 5) is 55.2. The normalized spacial score (nSPS) is 13.9. The molecular weight excluding hydrogens is 662 g/mol. The molecule has 1 fully saturated rings. The number of imide groups is 1. The molecule has 268 valence electrons. The zero-order valence-electron chi connectivity index (χ0n) is 29.3. The van der Waals surface area contributed by atoms with E-state index in [-0.39, 0.29) is 31.6 Å². The average Bonchev–Trinajstić information content (AvgIpc) is 3.09. The summed E-state index contributed by atoms with van der Waals surface area (Å²) in [6.07, 6.45) is 0.0322. The number of hydrogen-bond acceptors (Lipinski definition) is 9. The maximum absolute atomic E-state index is 13.9. The summed E-state index contributed by atoms with van der Waals surface area (Å²) in [5, 5.41) is 3.62. The molecule has 0 aliphatic carbocycles. The van der Waals surface area contributed by atoms with Crippen LogP contribution >= 0.6 is 11.6 Å². The maximum atomic E-state index is 13.9. The highest BCUT2D eigenvalue weighted by Gasteiger charge is 2.35. The lowest BCUT2D eigenvalue weighted by Crippen LogP contribution is -2.47. The van der Waals surface area contributed by atoms with E-state index in [0.29, 0.717) is 60.1 Å². The molecule has 1 unspecified atom stereocenters. The van der Waals surface area contributed by atoms with Crippen molar-refractivity contribution in [1.82, 2.24) is 9.80 Å². The molecule has 0 bridgehead atoms. The largest absolute Gasteiger partial charge is 0.464 e. The second-order valence-corrected chi connectivity index (χ2v) is 13.4. The van der Waals surface area contributed by atoms with E-state index in [0.717, 1.165) is 10.5 Å². The van der Waals surface area contributed by atoms with Crippen LogP contribution < -0.4 is 10.1 Å². The van der Waals surface area contributed by atoms with Gasteiger partial charge in [-0.25, -0.2) is 19.3 Å².